The molecular formula is C10H23Cl. The number of rotatable bonds is 1. The van der Waals surface area contributed by atoms with Crippen LogP contribution in [0.15, 0.2) is 0 Å². The van der Waals surface area contributed by atoms with E-state index in [2.05, 4.69) is 27.7 Å². The van der Waals surface area contributed by atoms with Crippen molar-refractivity contribution in [2.75, 3.05) is 0 Å². The van der Waals surface area contributed by atoms with Crippen molar-refractivity contribution in [3.63, 3.8) is 0 Å². The minimum absolute atomic E-state index is 0.0278. The topological polar surface area (TPSA) is 0 Å². The van der Waals surface area contributed by atoms with Gasteiger partial charge in [0.25, 0.3) is 0 Å². The Morgan fingerprint density at radius 2 is 0.909 bits per heavy atom. The second kappa shape index (κ2) is 5.88. The van der Waals surface area contributed by atoms with E-state index in [1.807, 2.05) is 20.8 Å². The van der Waals surface area contributed by atoms with Crippen molar-refractivity contribution in [1.29, 1.82) is 0 Å². The molecule has 0 nitrogen and oxygen atoms in total. The van der Waals surface area contributed by atoms with Gasteiger partial charge in [-0.1, -0.05) is 27.7 Å². The Kier molecular flexibility index (Phi) is 7.40. The van der Waals surface area contributed by atoms with E-state index in [0.29, 0.717) is 0 Å². The molecule has 0 rings (SSSR count). The molecule has 0 atom stereocenters. The maximum atomic E-state index is 5.53. The summed E-state index contributed by atoms with van der Waals surface area (Å²) in [5, 5.41) is 0. The SMILES string of the molecule is CC(C)(C)Cl.CC(C)C(C)C. The van der Waals surface area contributed by atoms with Gasteiger partial charge in [0.1, 0.15) is 0 Å². The first kappa shape index (κ1) is 13.9. The van der Waals surface area contributed by atoms with Gasteiger partial charge in [-0.05, 0) is 32.6 Å². The molecule has 0 aromatic carbocycles. The third kappa shape index (κ3) is 38.4. The Morgan fingerprint density at radius 1 is 0.818 bits per heavy atom. The fourth-order valence-electron chi connectivity index (χ4n) is 0. The van der Waals surface area contributed by atoms with Crippen molar-refractivity contribution >= 4 is 11.6 Å². The maximum absolute atomic E-state index is 5.53. The lowest BCUT2D eigenvalue weighted by atomic mass is 10.0. The molecule has 0 heterocycles. The minimum Gasteiger partial charge on any atom is -0.120 e. The average molecular weight is 179 g/mol. The van der Waals surface area contributed by atoms with E-state index < -0.39 is 0 Å². The highest BCUT2D eigenvalue weighted by molar-refractivity contribution is 6.23. The summed E-state index contributed by atoms with van der Waals surface area (Å²) in [5.74, 6) is 1.70. The highest BCUT2D eigenvalue weighted by Crippen LogP contribution is 2.08. The van der Waals surface area contributed by atoms with Crippen LogP contribution in [0.4, 0.5) is 0 Å². The van der Waals surface area contributed by atoms with Gasteiger partial charge in [0.15, 0.2) is 0 Å². The monoisotopic (exact) mass is 178 g/mol. The van der Waals surface area contributed by atoms with Crippen molar-refractivity contribution < 1.29 is 0 Å². The van der Waals surface area contributed by atoms with Crippen molar-refractivity contribution in [2.24, 2.45) is 11.8 Å². The van der Waals surface area contributed by atoms with Crippen LogP contribution in [0.2, 0.25) is 0 Å². The van der Waals surface area contributed by atoms with Crippen molar-refractivity contribution in [3.8, 4) is 0 Å². The first-order valence-electron chi connectivity index (χ1n) is 4.33. The van der Waals surface area contributed by atoms with Gasteiger partial charge in [-0.15, -0.1) is 11.6 Å². The third-order valence-electron chi connectivity index (χ3n) is 1.33. The van der Waals surface area contributed by atoms with E-state index in [1.165, 1.54) is 0 Å². The van der Waals surface area contributed by atoms with Gasteiger partial charge < -0.3 is 0 Å². The lowest BCUT2D eigenvalue weighted by Crippen LogP contribution is -1.99. The Morgan fingerprint density at radius 3 is 0.909 bits per heavy atom. The van der Waals surface area contributed by atoms with Gasteiger partial charge in [-0.25, -0.2) is 0 Å². The molecular weight excluding hydrogens is 156 g/mol. The molecule has 0 aliphatic carbocycles. The summed E-state index contributed by atoms with van der Waals surface area (Å²) in [5.41, 5.74) is 0. The summed E-state index contributed by atoms with van der Waals surface area (Å²) in [6, 6.07) is 0. The highest BCUT2D eigenvalue weighted by atomic mass is 35.5. The molecule has 0 aliphatic rings. The van der Waals surface area contributed by atoms with Crippen LogP contribution in [-0.4, -0.2) is 4.87 Å². The normalized spacial score (nSPS) is 11.5. The summed E-state index contributed by atoms with van der Waals surface area (Å²) in [6.45, 7) is 14.8. The molecule has 0 N–H and O–H groups in total. The van der Waals surface area contributed by atoms with Gasteiger partial charge in [0.05, 0.1) is 0 Å². The average Bonchev–Trinajstić information content (AvgIpc) is 1.59. The molecule has 0 bridgehead atoms. The van der Waals surface area contributed by atoms with E-state index in [1.54, 1.807) is 0 Å². The molecule has 0 unspecified atom stereocenters. The van der Waals surface area contributed by atoms with Crippen molar-refractivity contribution in [2.45, 2.75) is 53.3 Å². The zero-order valence-corrected chi connectivity index (χ0v) is 9.79. The van der Waals surface area contributed by atoms with Crippen LogP contribution in [0.5, 0.6) is 0 Å². The second-order valence-electron chi connectivity index (χ2n) is 4.55. The predicted octanol–water partition coefficient (Wildman–Crippen LogP) is 4.32. The molecule has 0 fully saturated rings. The number of hydrogen-bond donors (Lipinski definition) is 0. The van der Waals surface area contributed by atoms with Crippen LogP contribution in [0.3, 0.4) is 0 Å². The van der Waals surface area contributed by atoms with Crippen LogP contribution < -0.4 is 0 Å². The summed E-state index contributed by atoms with van der Waals surface area (Å²) < 4.78 is 0. The Hall–Kier alpha value is 0.290. The third-order valence-corrected chi connectivity index (χ3v) is 1.33. The maximum Gasteiger partial charge on any atom is 0.0362 e. The van der Waals surface area contributed by atoms with E-state index in [-0.39, 0.29) is 4.87 Å². The van der Waals surface area contributed by atoms with Crippen molar-refractivity contribution in [3.05, 3.63) is 0 Å². The van der Waals surface area contributed by atoms with Crippen LogP contribution >= 0.6 is 11.6 Å². The van der Waals surface area contributed by atoms with Crippen LogP contribution in [0.25, 0.3) is 0 Å². The zero-order chi connectivity index (χ0) is 9.65. The molecule has 11 heavy (non-hydrogen) atoms. The first-order chi connectivity index (χ1) is 4.64. The van der Waals surface area contributed by atoms with Crippen molar-refractivity contribution in [1.82, 2.24) is 0 Å². The minimum atomic E-state index is -0.0278. The van der Waals surface area contributed by atoms with Gasteiger partial charge in [0.2, 0.25) is 0 Å². The zero-order valence-electron chi connectivity index (χ0n) is 9.03. The first-order valence-corrected chi connectivity index (χ1v) is 4.71. The van der Waals surface area contributed by atoms with E-state index in [4.69, 9.17) is 11.6 Å². The fraction of sp³-hybridized carbons (Fsp3) is 1.00. The number of hydrogen-bond acceptors (Lipinski definition) is 0. The number of halogens is 1. The summed E-state index contributed by atoms with van der Waals surface area (Å²) in [6.07, 6.45) is 0. The molecule has 0 saturated heterocycles. The molecule has 0 amide bonds. The van der Waals surface area contributed by atoms with E-state index in [0.717, 1.165) is 11.8 Å². The Balaban J connectivity index is 0. The molecule has 70 valence electrons. The largest absolute Gasteiger partial charge is 0.120 e. The standard InChI is InChI=1S/C6H14.C4H9Cl/c1-5(2)6(3)4;1-4(2,3)5/h5-6H,1-4H3;1-3H3. The molecule has 0 spiro atoms. The molecule has 0 aliphatic heterocycles. The van der Waals surface area contributed by atoms with E-state index >= 15 is 0 Å². The molecule has 1 heteroatoms. The van der Waals surface area contributed by atoms with Gasteiger partial charge in [0, 0.05) is 4.87 Å². The molecule has 0 radical (unpaired) electrons. The number of alkyl halides is 1. The molecule has 0 saturated carbocycles. The van der Waals surface area contributed by atoms with Gasteiger partial charge in [-0.2, -0.15) is 0 Å². The molecule has 0 aromatic heterocycles. The summed E-state index contributed by atoms with van der Waals surface area (Å²) in [7, 11) is 0. The fourth-order valence-corrected chi connectivity index (χ4v) is 0. The Bertz CT molecular complexity index is 65.4. The smallest absolute Gasteiger partial charge is 0.0362 e. The van der Waals surface area contributed by atoms with Crippen LogP contribution in [0, 0.1) is 11.8 Å². The summed E-state index contributed by atoms with van der Waals surface area (Å²) >= 11 is 5.53. The second-order valence-corrected chi connectivity index (χ2v) is 5.69. The van der Waals surface area contributed by atoms with Crippen LogP contribution in [0.1, 0.15) is 48.5 Å². The molecule has 0 aromatic rings. The van der Waals surface area contributed by atoms with E-state index in [9.17, 15) is 0 Å². The Labute approximate surface area is 77.3 Å². The quantitative estimate of drug-likeness (QED) is 0.525. The lowest BCUT2D eigenvalue weighted by molar-refractivity contribution is 0.457. The van der Waals surface area contributed by atoms with Gasteiger partial charge in [-0.3, -0.25) is 0 Å². The highest BCUT2D eigenvalue weighted by Gasteiger charge is 1.99. The lowest BCUT2D eigenvalue weighted by Gasteiger charge is -2.05. The van der Waals surface area contributed by atoms with Crippen LogP contribution in [-0.2, 0) is 0 Å². The summed E-state index contributed by atoms with van der Waals surface area (Å²) in [4.78, 5) is -0.0278. The predicted molar refractivity (Wildman–Crippen MR) is 55.3 cm³/mol. The van der Waals surface area contributed by atoms with Gasteiger partial charge >= 0.3 is 0 Å².